The third-order valence-electron chi connectivity index (χ3n) is 6.10. The molecule has 3 aromatic carbocycles. The maximum absolute atomic E-state index is 12.8. The normalized spacial score (nSPS) is 13.1. The van der Waals surface area contributed by atoms with E-state index in [0.29, 0.717) is 30.4 Å². The lowest BCUT2D eigenvalue weighted by atomic mass is 10.0. The molecule has 0 saturated carbocycles. The van der Waals surface area contributed by atoms with E-state index < -0.39 is 42.7 Å². The third-order valence-corrected chi connectivity index (χ3v) is 6.69. The zero-order valence-corrected chi connectivity index (χ0v) is 23.7. The Morgan fingerprint density at radius 3 is 2.33 bits per heavy atom. The van der Waals surface area contributed by atoms with Crippen molar-refractivity contribution in [3.8, 4) is 11.1 Å². The summed E-state index contributed by atoms with van der Waals surface area (Å²) in [5.74, 6) is -5.28. The van der Waals surface area contributed by atoms with Gasteiger partial charge in [-0.3, -0.25) is 19.2 Å². The molecule has 1 aliphatic heterocycles. The van der Waals surface area contributed by atoms with Crippen molar-refractivity contribution in [2.75, 3.05) is 36.9 Å². The average Bonchev–Trinajstić information content (AvgIpc) is 2.98. The second-order valence-corrected chi connectivity index (χ2v) is 9.96. The van der Waals surface area contributed by atoms with E-state index in [2.05, 4.69) is 26.3 Å². The van der Waals surface area contributed by atoms with E-state index in [1.807, 2.05) is 30.3 Å². The second kappa shape index (κ2) is 14.3. The molecule has 4 rings (SSSR count). The Morgan fingerprint density at radius 2 is 1.67 bits per heavy atom. The lowest BCUT2D eigenvalue weighted by molar-refractivity contribution is -0.145. The molecule has 11 nitrogen and oxygen atoms in total. The summed E-state index contributed by atoms with van der Waals surface area (Å²) in [5, 5.41) is 20.1. The van der Waals surface area contributed by atoms with Gasteiger partial charge in [0.25, 0.3) is 11.9 Å². The number of aliphatic carboxylic acids is 1. The van der Waals surface area contributed by atoms with Crippen molar-refractivity contribution in [2.45, 2.75) is 6.42 Å². The number of amidine groups is 1. The van der Waals surface area contributed by atoms with Crippen LogP contribution in [0.4, 0.5) is 11.4 Å². The third kappa shape index (κ3) is 8.21. The molecule has 1 atom stereocenters. The predicted octanol–water partition coefficient (Wildman–Crippen LogP) is 4.03. The van der Waals surface area contributed by atoms with Gasteiger partial charge in [-0.25, -0.2) is 4.99 Å². The average molecular weight is 612 g/mol. The number of aliphatic imine (C=N–C) groups is 1. The highest BCUT2D eigenvalue weighted by Crippen LogP contribution is 2.36. The van der Waals surface area contributed by atoms with Gasteiger partial charge in [-0.15, -0.1) is 0 Å². The quantitative estimate of drug-likeness (QED) is 0.216. The van der Waals surface area contributed by atoms with Gasteiger partial charge in [0, 0.05) is 30.8 Å². The molecule has 0 bridgehead atoms. The van der Waals surface area contributed by atoms with Gasteiger partial charge in [0.15, 0.2) is 5.92 Å². The van der Waals surface area contributed by atoms with Crippen LogP contribution in [-0.2, 0) is 19.1 Å². The Labute approximate surface area is 251 Å². The van der Waals surface area contributed by atoms with Crippen LogP contribution in [0.25, 0.3) is 11.1 Å². The molecule has 0 saturated heterocycles. The number of rotatable bonds is 10. The van der Waals surface area contributed by atoms with Crippen molar-refractivity contribution in [2.24, 2.45) is 10.9 Å². The van der Waals surface area contributed by atoms with Gasteiger partial charge < -0.3 is 31.1 Å². The van der Waals surface area contributed by atoms with Gasteiger partial charge in [0.05, 0.1) is 28.9 Å². The van der Waals surface area contributed by atoms with E-state index in [0.717, 1.165) is 12.0 Å². The summed E-state index contributed by atoms with van der Waals surface area (Å²) < 4.78 is 5.41. The second-order valence-electron chi connectivity index (χ2n) is 9.14. The number of carbonyl (C=O) groups is 4. The van der Waals surface area contributed by atoms with Gasteiger partial charge in [-0.1, -0.05) is 59.6 Å². The number of amides is 3. The molecule has 0 aromatic heterocycles. The van der Waals surface area contributed by atoms with Gasteiger partial charge in [0.2, 0.25) is 11.8 Å². The fraction of sp³-hybridized carbons (Fsp3) is 0.207. The van der Waals surface area contributed by atoms with Crippen LogP contribution in [0.3, 0.4) is 0 Å². The smallest absolute Gasteiger partial charge is 0.317 e. The molecule has 0 radical (unpaired) electrons. The van der Waals surface area contributed by atoms with E-state index in [1.54, 1.807) is 36.4 Å². The molecule has 0 fully saturated rings. The number of hydrogen-bond acceptors (Lipinski definition) is 7. The molecule has 42 heavy (non-hydrogen) atoms. The van der Waals surface area contributed by atoms with Crippen LogP contribution in [0.1, 0.15) is 16.8 Å². The van der Waals surface area contributed by atoms with Gasteiger partial charge in [0.1, 0.15) is 0 Å². The van der Waals surface area contributed by atoms with Gasteiger partial charge in [-0.2, -0.15) is 0 Å². The van der Waals surface area contributed by atoms with Gasteiger partial charge in [-0.05, 0) is 41.5 Å². The van der Waals surface area contributed by atoms with Crippen molar-refractivity contribution < 1.29 is 29.0 Å². The summed E-state index contributed by atoms with van der Waals surface area (Å²) >= 11 is 12.7. The van der Waals surface area contributed by atoms with Crippen molar-refractivity contribution in [3.05, 3.63) is 82.3 Å². The molecule has 218 valence electrons. The molecule has 3 amide bonds. The van der Waals surface area contributed by atoms with Crippen molar-refractivity contribution in [1.29, 1.82) is 0 Å². The monoisotopic (exact) mass is 611 g/mol. The number of carboxylic acid groups (broad SMARTS) is 1. The highest BCUT2D eigenvalue weighted by Gasteiger charge is 2.28. The summed E-state index contributed by atoms with van der Waals surface area (Å²) in [4.78, 5) is 53.7. The van der Waals surface area contributed by atoms with Crippen LogP contribution in [-0.4, -0.2) is 61.1 Å². The van der Waals surface area contributed by atoms with Crippen LogP contribution in [0.15, 0.2) is 71.7 Å². The number of ether oxygens (including phenoxy) is 1. The number of nitrogens with zero attached hydrogens (tertiary/aromatic N) is 1. The van der Waals surface area contributed by atoms with Crippen LogP contribution >= 0.6 is 23.2 Å². The Balaban J connectivity index is 1.30. The number of anilines is 2. The Bertz CT molecular complexity index is 1490. The van der Waals surface area contributed by atoms with E-state index in [9.17, 15) is 24.3 Å². The van der Waals surface area contributed by atoms with E-state index in [1.165, 1.54) is 0 Å². The first kappa shape index (κ1) is 30.4. The number of halogens is 2. The summed E-state index contributed by atoms with van der Waals surface area (Å²) in [6.07, 6.45) is 0.833. The topological polar surface area (TPSA) is 158 Å². The molecular weight excluding hydrogens is 585 g/mol. The van der Waals surface area contributed by atoms with Crippen LogP contribution in [0.5, 0.6) is 0 Å². The highest BCUT2D eigenvalue weighted by molar-refractivity contribution is 6.40. The van der Waals surface area contributed by atoms with Crippen LogP contribution < -0.4 is 21.3 Å². The first-order chi connectivity index (χ1) is 20.2. The summed E-state index contributed by atoms with van der Waals surface area (Å²) in [6, 6.07) is 19.4. The van der Waals surface area contributed by atoms with Crippen molar-refractivity contribution >= 4 is 64.3 Å². The molecule has 0 spiro atoms. The fourth-order valence-electron chi connectivity index (χ4n) is 3.93. The highest BCUT2D eigenvalue weighted by atomic mass is 35.5. The maximum atomic E-state index is 12.8. The molecule has 0 unspecified atom stereocenters. The minimum Gasteiger partial charge on any atom is -0.481 e. The maximum Gasteiger partial charge on any atom is 0.317 e. The number of carbonyl (C=O) groups excluding carboxylic acids is 3. The summed E-state index contributed by atoms with van der Waals surface area (Å²) in [7, 11) is 0. The molecule has 1 heterocycles. The molecule has 13 heteroatoms. The first-order valence-electron chi connectivity index (χ1n) is 12.9. The molecule has 5 N–H and O–H groups in total. The van der Waals surface area contributed by atoms with Gasteiger partial charge >= 0.3 is 5.97 Å². The summed E-state index contributed by atoms with van der Waals surface area (Å²) in [5.41, 5.74) is 2.47. The number of benzene rings is 3. The predicted molar refractivity (Wildman–Crippen MR) is 160 cm³/mol. The minimum atomic E-state index is -1.65. The Morgan fingerprint density at radius 1 is 0.929 bits per heavy atom. The first-order valence-corrected chi connectivity index (χ1v) is 13.6. The lowest BCUT2D eigenvalue weighted by Gasteiger charge is -2.16. The lowest BCUT2D eigenvalue weighted by Crippen LogP contribution is -2.43. The summed E-state index contributed by atoms with van der Waals surface area (Å²) in [6.45, 7) is 0.216. The van der Waals surface area contributed by atoms with E-state index in [-0.39, 0.29) is 21.3 Å². The zero-order chi connectivity index (χ0) is 30.1. The Kier molecular flexibility index (Phi) is 10.4. The molecule has 0 aliphatic carbocycles. The molecular formula is C29H27Cl2N5O6. The largest absolute Gasteiger partial charge is 0.481 e. The number of nitrogens with one attached hydrogen (secondary N) is 4. The Hall–Kier alpha value is -4.61. The van der Waals surface area contributed by atoms with Crippen LogP contribution in [0, 0.1) is 5.92 Å². The standard InChI is InChI=1S/C29H27Cl2N5O6/c30-22-13-19(17-6-2-1-3-7-17)14-23(31)25(22)36-27(39)21(28(40)41)15-33-24(37)16-34-26(38)18-8-4-9-20(12-18)35-29-32-10-5-11-42-29/h1-4,6-9,12-14,21H,5,10-11,15-16H2,(H,32,35)(H,33,37)(H,34,38)(H,36,39)(H,40,41)/t21-/m0/s1. The van der Waals surface area contributed by atoms with Crippen molar-refractivity contribution in [3.63, 3.8) is 0 Å². The SMILES string of the molecule is O=C(CNC(=O)c1cccc(NC2=NCCCO2)c1)NC[C@H](C(=O)O)C(=O)Nc1c(Cl)cc(-c2ccccc2)cc1Cl. The number of hydrogen-bond donors (Lipinski definition) is 5. The van der Waals surface area contributed by atoms with Crippen LogP contribution in [0.2, 0.25) is 10.0 Å². The number of carboxylic acids is 1. The molecule has 1 aliphatic rings. The van der Waals surface area contributed by atoms with E-state index in [4.69, 9.17) is 27.9 Å². The zero-order valence-electron chi connectivity index (χ0n) is 22.2. The minimum absolute atomic E-state index is 0.0479. The molecule has 3 aromatic rings. The fourth-order valence-corrected chi connectivity index (χ4v) is 4.51. The van der Waals surface area contributed by atoms with E-state index >= 15 is 0 Å². The van der Waals surface area contributed by atoms with Crippen molar-refractivity contribution in [1.82, 2.24) is 10.6 Å².